The molecule has 182 valence electrons. The summed E-state index contributed by atoms with van der Waals surface area (Å²) in [6, 6.07) is 18.3. The standard InChI is InChI=1S/C29H28N4O3/c1-19-12-20(16-30-15-19)17-32-23-7-8-26-22(14-23)13-21-4-2-5-24(28(21)36-26)27-18-33(10-11-35-27)25-6-3-9-31-29(25)34/h2-9,12,14-16,27,32H,10-11,13,17-18H2,1H3,(H,31,34). The number of rotatable bonds is 5. The molecule has 2 aliphatic heterocycles. The number of aromatic nitrogens is 2. The number of benzene rings is 2. The van der Waals surface area contributed by atoms with E-state index in [1.54, 1.807) is 6.20 Å². The molecule has 0 bridgehead atoms. The number of fused-ring (bicyclic) bond motifs is 2. The number of hydrogen-bond acceptors (Lipinski definition) is 6. The van der Waals surface area contributed by atoms with Gasteiger partial charge in [0.15, 0.2) is 0 Å². The minimum Gasteiger partial charge on any atom is -0.456 e. The normalized spacial score (nSPS) is 16.6. The first-order chi connectivity index (χ1) is 17.6. The molecule has 7 heteroatoms. The van der Waals surface area contributed by atoms with Gasteiger partial charge < -0.3 is 24.7 Å². The molecule has 1 fully saturated rings. The molecule has 1 unspecified atom stereocenters. The van der Waals surface area contributed by atoms with Crippen molar-refractivity contribution in [3.63, 3.8) is 0 Å². The zero-order valence-corrected chi connectivity index (χ0v) is 20.2. The van der Waals surface area contributed by atoms with Crippen LogP contribution < -0.4 is 20.5 Å². The molecule has 7 nitrogen and oxygen atoms in total. The molecule has 0 saturated carbocycles. The molecule has 4 heterocycles. The fourth-order valence-corrected chi connectivity index (χ4v) is 5.00. The van der Waals surface area contributed by atoms with Gasteiger partial charge in [-0.15, -0.1) is 0 Å². The highest BCUT2D eigenvalue weighted by Crippen LogP contribution is 2.43. The molecule has 1 atom stereocenters. The lowest BCUT2D eigenvalue weighted by Gasteiger charge is -2.35. The van der Waals surface area contributed by atoms with Gasteiger partial charge in [-0.3, -0.25) is 9.78 Å². The van der Waals surface area contributed by atoms with Gasteiger partial charge in [0.05, 0.1) is 6.61 Å². The molecule has 4 aromatic rings. The number of morpholine rings is 1. The molecule has 2 aliphatic rings. The SMILES string of the molecule is Cc1cncc(CNc2ccc3c(c2)Cc2cccc(C4CN(c5ccc[nH]c5=O)CCO4)c2O3)c1. The van der Waals surface area contributed by atoms with Gasteiger partial charge in [0, 0.05) is 61.5 Å². The van der Waals surface area contributed by atoms with Crippen molar-refractivity contribution in [1.82, 2.24) is 9.97 Å². The second-order valence-electron chi connectivity index (χ2n) is 9.35. The van der Waals surface area contributed by atoms with Crippen molar-refractivity contribution in [2.24, 2.45) is 0 Å². The molecule has 2 aromatic carbocycles. The van der Waals surface area contributed by atoms with Gasteiger partial charge in [0.1, 0.15) is 23.3 Å². The lowest BCUT2D eigenvalue weighted by molar-refractivity contribution is 0.0383. The second-order valence-corrected chi connectivity index (χ2v) is 9.35. The number of para-hydroxylation sites is 1. The predicted molar refractivity (Wildman–Crippen MR) is 140 cm³/mol. The van der Waals surface area contributed by atoms with E-state index in [4.69, 9.17) is 9.47 Å². The molecular weight excluding hydrogens is 452 g/mol. The van der Waals surface area contributed by atoms with Gasteiger partial charge in [-0.2, -0.15) is 0 Å². The second kappa shape index (κ2) is 9.51. The Morgan fingerprint density at radius 3 is 2.94 bits per heavy atom. The number of hydrogen-bond donors (Lipinski definition) is 2. The van der Waals surface area contributed by atoms with Crippen LogP contribution in [0.4, 0.5) is 11.4 Å². The summed E-state index contributed by atoms with van der Waals surface area (Å²) in [6.07, 6.45) is 6.02. The van der Waals surface area contributed by atoms with Gasteiger partial charge in [0.25, 0.3) is 5.56 Å². The monoisotopic (exact) mass is 480 g/mol. The number of anilines is 2. The Morgan fingerprint density at radius 1 is 1.11 bits per heavy atom. The van der Waals surface area contributed by atoms with Crippen molar-refractivity contribution in [1.29, 1.82) is 0 Å². The maximum Gasteiger partial charge on any atom is 0.271 e. The first-order valence-electron chi connectivity index (χ1n) is 12.3. The van der Waals surface area contributed by atoms with Crippen LogP contribution in [0.1, 0.15) is 33.9 Å². The topological polar surface area (TPSA) is 79.5 Å². The van der Waals surface area contributed by atoms with Gasteiger partial charge in [-0.25, -0.2) is 0 Å². The minimum absolute atomic E-state index is 0.0820. The van der Waals surface area contributed by atoms with Crippen LogP contribution in [0.5, 0.6) is 11.5 Å². The lowest BCUT2D eigenvalue weighted by atomic mass is 9.95. The average molecular weight is 481 g/mol. The third-order valence-corrected chi connectivity index (χ3v) is 6.76. The van der Waals surface area contributed by atoms with Crippen molar-refractivity contribution in [2.75, 3.05) is 29.9 Å². The molecule has 2 aromatic heterocycles. The Labute approximate surface area is 209 Å². The molecular formula is C29H28N4O3. The van der Waals surface area contributed by atoms with Crippen molar-refractivity contribution >= 4 is 11.4 Å². The minimum atomic E-state index is -0.182. The molecule has 0 aliphatic carbocycles. The first-order valence-corrected chi connectivity index (χ1v) is 12.3. The average Bonchev–Trinajstić information content (AvgIpc) is 2.91. The summed E-state index contributed by atoms with van der Waals surface area (Å²) in [6.45, 7) is 4.59. The summed E-state index contributed by atoms with van der Waals surface area (Å²) in [5.74, 6) is 1.73. The number of ether oxygens (including phenoxy) is 2. The van der Waals surface area contributed by atoms with Crippen LogP contribution in [0.25, 0.3) is 0 Å². The van der Waals surface area contributed by atoms with E-state index in [9.17, 15) is 4.79 Å². The van der Waals surface area contributed by atoms with E-state index >= 15 is 0 Å². The molecule has 1 saturated heterocycles. The maximum absolute atomic E-state index is 12.3. The molecule has 0 spiro atoms. The van der Waals surface area contributed by atoms with Gasteiger partial charge in [-0.1, -0.05) is 24.3 Å². The van der Waals surface area contributed by atoms with Crippen LogP contribution in [-0.2, 0) is 17.7 Å². The van der Waals surface area contributed by atoms with E-state index in [1.165, 1.54) is 0 Å². The summed E-state index contributed by atoms with van der Waals surface area (Å²) >= 11 is 0. The van der Waals surface area contributed by atoms with Crippen molar-refractivity contribution in [2.45, 2.75) is 26.0 Å². The molecule has 36 heavy (non-hydrogen) atoms. The van der Waals surface area contributed by atoms with Crippen molar-refractivity contribution in [3.05, 3.63) is 111 Å². The summed E-state index contributed by atoms with van der Waals surface area (Å²) in [5, 5.41) is 3.50. The molecule has 0 radical (unpaired) electrons. The Morgan fingerprint density at radius 2 is 2.06 bits per heavy atom. The van der Waals surface area contributed by atoms with E-state index < -0.39 is 0 Å². The fraction of sp³-hybridized carbons (Fsp3) is 0.241. The number of aromatic amines is 1. The van der Waals surface area contributed by atoms with Crippen LogP contribution in [0.2, 0.25) is 0 Å². The Balaban J connectivity index is 1.21. The largest absolute Gasteiger partial charge is 0.456 e. The van der Waals surface area contributed by atoms with E-state index in [1.807, 2.05) is 30.6 Å². The first kappa shape index (κ1) is 22.4. The van der Waals surface area contributed by atoms with E-state index in [-0.39, 0.29) is 11.7 Å². The molecule has 0 amide bonds. The van der Waals surface area contributed by atoms with Crippen molar-refractivity contribution in [3.8, 4) is 11.5 Å². The number of nitrogens with one attached hydrogen (secondary N) is 2. The Hall–Kier alpha value is -4.10. The summed E-state index contributed by atoms with van der Waals surface area (Å²) < 4.78 is 12.6. The smallest absolute Gasteiger partial charge is 0.271 e. The van der Waals surface area contributed by atoms with Crippen LogP contribution in [-0.4, -0.2) is 29.7 Å². The quantitative estimate of drug-likeness (QED) is 0.370. The number of H-pyrrole nitrogens is 1. The highest BCUT2D eigenvalue weighted by Gasteiger charge is 2.29. The highest BCUT2D eigenvalue weighted by atomic mass is 16.5. The third kappa shape index (κ3) is 4.45. The van der Waals surface area contributed by atoms with Crippen LogP contribution >= 0.6 is 0 Å². The van der Waals surface area contributed by atoms with Crippen LogP contribution in [0, 0.1) is 6.92 Å². The molecule has 2 N–H and O–H groups in total. The maximum atomic E-state index is 12.3. The van der Waals surface area contributed by atoms with Gasteiger partial charge in [0.2, 0.25) is 0 Å². The Kier molecular flexibility index (Phi) is 5.91. The number of nitrogens with zero attached hydrogens (tertiary/aromatic N) is 2. The number of pyridine rings is 2. The summed E-state index contributed by atoms with van der Waals surface area (Å²) in [5.41, 5.74) is 7.25. The lowest BCUT2D eigenvalue weighted by Crippen LogP contribution is -2.41. The summed E-state index contributed by atoms with van der Waals surface area (Å²) in [7, 11) is 0. The number of aryl methyl sites for hydroxylation is 1. The fourth-order valence-electron chi connectivity index (χ4n) is 5.00. The predicted octanol–water partition coefficient (Wildman–Crippen LogP) is 4.96. The Bertz CT molecular complexity index is 1470. The van der Waals surface area contributed by atoms with Crippen LogP contribution in [0.3, 0.4) is 0 Å². The van der Waals surface area contributed by atoms with Gasteiger partial charge in [-0.05, 0) is 53.9 Å². The van der Waals surface area contributed by atoms with E-state index in [2.05, 4.69) is 63.5 Å². The van der Waals surface area contributed by atoms with Crippen molar-refractivity contribution < 1.29 is 9.47 Å². The summed E-state index contributed by atoms with van der Waals surface area (Å²) in [4.78, 5) is 21.5. The third-order valence-electron chi connectivity index (χ3n) is 6.76. The molecule has 6 rings (SSSR count). The van der Waals surface area contributed by atoms with E-state index in [0.717, 1.165) is 58.0 Å². The highest BCUT2D eigenvalue weighted by molar-refractivity contribution is 5.59. The zero-order chi connectivity index (χ0) is 24.5. The zero-order valence-electron chi connectivity index (χ0n) is 20.2. The van der Waals surface area contributed by atoms with Gasteiger partial charge >= 0.3 is 0 Å². The van der Waals surface area contributed by atoms with E-state index in [0.29, 0.717) is 25.4 Å². The van der Waals surface area contributed by atoms with Crippen LogP contribution in [0.15, 0.2) is 78.0 Å².